The smallest absolute Gasteiger partial charge is 0.243 e. The van der Waals surface area contributed by atoms with Crippen LogP contribution in [0.5, 0.6) is 0 Å². The van der Waals surface area contributed by atoms with Crippen LogP contribution in [-0.4, -0.2) is 30.6 Å². The predicted molar refractivity (Wildman–Crippen MR) is 107 cm³/mol. The molecule has 0 atom stereocenters. The van der Waals surface area contributed by atoms with Crippen LogP contribution in [0.3, 0.4) is 0 Å². The molecule has 2 aromatic rings. The number of nitrogens with zero attached hydrogens (tertiary/aromatic N) is 2. The standard InChI is InChI=1S/C21H24N2O4S/c1-16(2)22(15-17-7-4-3-5-8-17)28(26,27)19-13-11-18(12-14-19)23-20(24)9-6-10-21(23)25/h3-5,7-8,11-14,16H,6,9-10,15H2,1-2H3. The Morgan fingerprint density at radius 3 is 2.04 bits per heavy atom. The number of hydrogen-bond donors (Lipinski definition) is 0. The third-order valence-corrected chi connectivity index (χ3v) is 6.77. The summed E-state index contributed by atoms with van der Waals surface area (Å²) >= 11 is 0. The summed E-state index contributed by atoms with van der Waals surface area (Å²) < 4.78 is 27.8. The zero-order valence-corrected chi connectivity index (χ0v) is 16.9. The first-order valence-electron chi connectivity index (χ1n) is 9.32. The second kappa shape index (κ2) is 8.24. The van der Waals surface area contributed by atoms with Crippen molar-refractivity contribution in [3.8, 4) is 0 Å². The second-order valence-electron chi connectivity index (χ2n) is 7.10. The van der Waals surface area contributed by atoms with Gasteiger partial charge in [0.25, 0.3) is 0 Å². The normalized spacial score (nSPS) is 15.5. The fourth-order valence-electron chi connectivity index (χ4n) is 3.25. The summed E-state index contributed by atoms with van der Waals surface area (Å²) in [6.07, 6.45) is 1.21. The number of carbonyl (C=O) groups is 2. The quantitative estimate of drug-likeness (QED) is 0.697. The van der Waals surface area contributed by atoms with E-state index in [1.54, 1.807) is 0 Å². The van der Waals surface area contributed by atoms with Gasteiger partial charge in [-0.05, 0) is 50.1 Å². The Bertz CT molecular complexity index is 938. The number of imide groups is 1. The molecular formula is C21H24N2O4S. The first-order valence-corrected chi connectivity index (χ1v) is 10.8. The summed E-state index contributed by atoms with van der Waals surface area (Å²) in [7, 11) is -3.73. The molecule has 0 saturated carbocycles. The van der Waals surface area contributed by atoms with Crippen LogP contribution >= 0.6 is 0 Å². The van der Waals surface area contributed by atoms with Crippen molar-refractivity contribution >= 4 is 27.5 Å². The molecule has 0 N–H and O–H groups in total. The van der Waals surface area contributed by atoms with E-state index in [0.29, 0.717) is 24.9 Å². The molecule has 2 aromatic carbocycles. The summed E-state index contributed by atoms with van der Waals surface area (Å²) in [5.41, 5.74) is 1.31. The van der Waals surface area contributed by atoms with Gasteiger partial charge in [-0.3, -0.25) is 14.5 Å². The number of carbonyl (C=O) groups excluding carboxylic acids is 2. The lowest BCUT2D eigenvalue weighted by atomic mass is 10.1. The fraction of sp³-hybridized carbons (Fsp3) is 0.333. The van der Waals surface area contributed by atoms with E-state index in [2.05, 4.69) is 0 Å². The van der Waals surface area contributed by atoms with Crippen LogP contribution in [0.15, 0.2) is 59.5 Å². The molecule has 0 spiro atoms. The van der Waals surface area contributed by atoms with Crippen molar-refractivity contribution < 1.29 is 18.0 Å². The lowest BCUT2D eigenvalue weighted by Crippen LogP contribution is -2.40. The molecule has 6 nitrogen and oxygen atoms in total. The van der Waals surface area contributed by atoms with Gasteiger partial charge in [-0.15, -0.1) is 0 Å². The third kappa shape index (κ3) is 4.15. The average Bonchev–Trinajstić information content (AvgIpc) is 2.67. The molecule has 2 amide bonds. The van der Waals surface area contributed by atoms with Gasteiger partial charge in [-0.25, -0.2) is 8.42 Å². The van der Waals surface area contributed by atoms with Gasteiger partial charge in [0.2, 0.25) is 21.8 Å². The molecule has 7 heteroatoms. The Balaban J connectivity index is 1.88. The molecule has 1 heterocycles. The largest absolute Gasteiger partial charge is 0.274 e. The Morgan fingerprint density at radius 1 is 0.929 bits per heavy atom. The minimum absolute atomic E-state index is 0.137. The molecule has 28 heavy (non-hydrogen) atoms. The monoisotopic (exact) mass is 400 g/mol. The molecule has 1 saturated heterocycles. The van der Waals surface area contributed by atoms with Gasteiger partial charge in [0.15, 0.2) is 0 Å². The molecule has 1 aliphatic rings. The minimum Gasteiger partial charge on any atom is -0.274 e. The van der Waals surface area contributed by atoms with E-state index in [1.807, 2.05) is 44.2 Å². The maximum Gasteiger partial charge on any atom is 0.243 e. The van der Waals surface area contributed by atoms with Crippen molar-refractivity contribution in [3.63, 3.8) is 0 Å². The van der Waals surface area contributed by atoms with Gasteiger partial charge in [-0.1, -0.05) is 30.3 Å². The lowest BCUT2D eigenvalue weighted by molar-refractivity contribution is -0.129. The lowest BCUT2D eigenvalue weighted by Gasteiger charge is -2.27. The number of piperidine rings is 1. The summed E-state index contributed by atoms with van der Waals surface area (Å²) in [4.78, 5) is 25.4. The highest BCUT2D eigenvalue weighted by molar-refractivity contribution is 7.89. The summed E-state index contributed by atoms with van der Waals surface area (Å²) in [5, 5.41) is 0. The van der Waals surface area contributed by atoms with E-state index in [4.69, 9.17) is 0 Å². The van der Waals surface area contributed by atoms with Gasteiger partial charge in [0, 0.05) is 25.4 Å². The van der Waals surface area contributed by atoms with Crippen LogP contribution in [0, 0.1) is 0 Å². The maximum absolute atomic E-state index is 13.2. The van der Waals surface area contributed by atoms with E-state index in [0.717, 1.165) is 10.5 Å². The van der Waals surface area contributed by atoms with Crippen LogP contribution in [0.2, 0.25) is 0 Å². The van der Waals surface area contributed by atoms with E-state index >= 15 is 0 Å². The van der Waals surface area contributed by atoms with E-state index in [-0.39, 0.29) is 29.3 Å². The van der Waals surface area contributed by atoms with Crippen molar-refractivity contribution in [2.45, 2.75) is 50.6 Å². The highest BCUT2D eigenvalue weighted by Gasteiger charge is 2.30. The zero-order chi connectivity index (χ0) is 20.3. The van der Waals surface area contributed by atoms with Crippen LogP contribution < -0.4 is 4.90 Å². The summed E-state index contributed by atoms with van der Waals surface area (Å²) in [6, 6.07) is 15.2. The van der Waals surface area contributed by atoms with Gasteiger partial charge in [0.05, 0.1) is 10.6 Å². The molecule has 0 radical (unpaired) electrons. The minimum atomic E-state index is -3.73. The topological polar surface area (TPSA) is 74.8 Å². The first-order chi connectivity index (χ1) is 13.3. The Hall–Kier alpha value is -2.51. The summed E-state index contributed by atoms with van der Waals surface area (Å²) in [5.74, 6) is -0.500. The number of hydrogen-bond acceptors (Lipinski definition) is 4. The van der Waals surface area contributed by atoms with Crippen molar-refractivity contribution in [1.29, 1.82) is 0 Å². The average molecular weight is 401 g/mol. The molecule has 3 rings (SSSR count). The van der Waals surface area contributed by atoms with Crippen LogP contribution in [0.25, 0.3) is 0 Å². The Kier molecular flexibility index (Phi) is 5.96. The van der Waals surface area contributed by atoms with Gasteiger partial charge in [0.1, 0.15) is 0 Å². The highest BCUT2D eigenvalue weighted by atomic mass is 32.2. The molecular weight excluding hydrogens is 376 g/mol. The van der Waals surface area contributed by atoms with Crippen molar-refractivity contribution in [2.24, 2.45) is 0 Å². The molecule has 0 aliphatic carbocycles. The number of rotatable bonds is 6. The second-order valence-corrected chi connectivity index (χ2v) is 8.99. The molecule has 148 valence electrons. The number of benzene rings is 2. The molecule has 1 fully saturated rings. The molecule has 1 aliphatic heterocycles. The van der Waals surface area contributed by atoms with Crippen LogP contribution in [0.1, 0.15) is 38.7 Å². The zero-order valence-electron chi connectivity index (χ0n) is 16.0. The van der Waals surface area contributed by atoms with Crippen LogP contribution in [0.4, 0.5) is 5.69 Å². The molecule has 0 bridgehead atoms. The van der Waals surface area contributed by atoms with E-state index < -0.39 is 10.0 Å². The van der Waals surface area contributed by atoms with Gasteiger partial charge >= 0.3 is 0 Å². The van der Waals surface area contributed by atoms with E-state index in [1.165, 1.54) is 28.6 Å². The number of amides is 2. The number of anilines is 1. The van der Waals surface area contributed by atoms with E-state index in [9.17, 15) is 18.0 Å². The highest BCUT2D eigenvalue weighted by Crippen LogP contribution is 2.26. The van der Waals surface area contributed by atoms with Crippen molar-refractivity contribution in [2.75, 3.05) is 4.90 Å². The van der Waals surface area contributed by atoms with Gasteiger partial charge in [-0.2, -0.15) is 4.31 Å². The first kappa shape index (κ1) is 20.2. The SMILES string of the molecule is CC(C)N(Cc1ccccc1)S(=O)(=O)c1ccc(N2C(=O)CCCC2=O)cc1. The molecule has 0 unspecified atom stereocenters. The fourth-order valence-corrected chi connectivity index (χ4v) is 4.88. The van der Waals surface area contributed by atoms with Crippen molar-refractivity contribution in [3.05, 3.63) is 60.2 Å². The third-order valence-electron chi connectivity index (χ3n) is 4.74. The maximum atomic E-state index is 13.2. The number of sulfonamides is 1. The predicted octanol–water partition coefficient (Wildman–Crippen LogP) is 3.33. The van der Waals surface area contributed by atoms with Crippen LogP contribution in [-0.2, 0) is 26.2 Å². The van der Waals surface area contributed by atoms with Crippen molar-refractivity contribution in [1.82, 2.24) is 4.31 Å². The molecule has 0 aromatic heterocycles. The Morgan fingerprint density at radius 2 is 1.50 bits per heavy atom. The van der Waals surface area contributed by atoms with Gasteiger partial charge < -0.3 is 0 Å². The summed E-state index contributed by atoms with van der Waals surface area (Å²) in [6.45, 7) is 3.94. The Labute approximate surface area is 165 Å².